The largest absolute Gasteiger partial charge is 0.356 e. The van der Waals surface area contributed by atoms with Crippen LogP contribution in [0.15, 0.2) is 18.5 Å². The van der Waals surface area contributed by atoms with Crippen LogP contribution in [-0.4, -0.2) is 16.5 Å². The molecule has 0 radical (unpaired) electrons. The molecular formula is C10H12N2O. The molecule has 0 aliphatic heterocycles. The molecule has 13 heavy (non-hydrogen) atoms. The number of terminal acetylenes is 1. The highest BCUT2D eigenvalue weighted by atomic mass is 16.1. The number of hydrogen-bond donors (Lipinski definition) is 1. The number of hydrogen-bond acceptors (Lipinski definition) is 1. The molecule has 0 fully saturated rings. The van der Waals surface area contributed by atoms with Crippen molar-refractivity contribution >= 4 is 5.91 Å². The number of nitrogens with one attached hydrogen (secondary N) is 1. The molecule has 1 aromatic rings. The van der Waals surface area contributed by atoms with E-state index in [0.29, 0.717) is 5.56 Å². The monoisotopic (exact) mass is 176 g/mol. The minimum Gasteiger partial charge on any atom is -0.356 e. The van der Waals surface area contributed by atoms with Gasteiger partial charge in [-0.3, -0.25) is 4.79 Å². The van der Waals surface area contributed by atoms with Gasteiger partial charge in [0, 0.05) is 19.4 Å². The van der Waals surface area contributed by atoms with Gasteiger partial charge in [-0.05, 0) is 13.0 Å². The fourth-order valence-corrected chi connectivity index (χ4v) is 0.959. The second kappa shape index (κ2) is 3.81. The van der Waals surface area contributed by atoms with Crippen LogP contribution in [-0.2, 0) is 7.05 Å². The number of carbonyl (C=O) groups excluding carboxylic acids is 1. The first-order valence-corrected chi connectivity index (χ1v) is 4.02. The van der Waals surface area contributed by atoms with Crippen LogP contribution in [0.2, 0.25) is 0 Å². The molecule has 1 amide bonds. The van der Waals surface area contributed by atoms with E-state index in [1.54, 1.807) is 19.2 Å². The van der Waals surface area contributed by atoms with Gasteiger partial charge >= 0.3 is 0 Å². The molecular weight excluding hydrogens is 164 g/mol. The van der Waals surface area contributed by atoms with E-state index in [2.05, 4.69) is 11.2 Å². The smallest absolute Gasteiger partial charge is 0.253 e. The summed E-state index contributed by atoms with van der Waals surface area (Å²) in [6, 6.07) is 1.52. The molecule has 0 aromatic carbocycles. The van der Waals surface area contributed by atoms with E-state index in [-0.39, 0.29) is 11.9 Å². The van der Waals surface area contributed by atoms with Crippen LogP contribution in [0.25, 0.3) is 0 Å². The highest BCUT2D eigenvalue weighted by Gasteiger charge is 2.07. The Morgan fingerprint density at radius 1 is 1.77 bits per heavy atom. The van der Waals surface area contributed by atoms with Crippen molar-refractivity contribution in [2.45, 2.75) is 13.0 Å². The third kappa shape index (κ3) is 2.38. The Morgan fingerprint density at radius 2 is 2.46 bits per heavy atom. The number of aryl methyl sites for hydroxylation is 1. The average Bonchev–Trinajstić information content (AvgIpc) is 2.51. The van der Waals surface area contributed by atoms with E-state index in [0.717, 1.165) is 0 Å². The molecule has 0 bridgehead atoms. The fraction of sp³-hybridized carbons (Fsp3) is 0.300. The zero-order chi connectivity index (χ0) is 9.84. The molecule has 1 rings (SSSR count). The standard InChI is InChI=1S/C10H12N2O/c1-4-8(2)11-10(13)9-5-6-12(3)7-9/h1,5-8H,2-3H3,(H,11,13). The van der Waals surface area contributed by atoms with Gasteiger partial charge in [0.25, 0.3) is 5.91 Å². The first-order chi connectivity index (χ1) is 6.13. The second-order valence-electron chi connectivity index (χ2n) is 2.93. The van der Waals surface area contributed by atoms with Gasteiger partial charge in [-0.25, -0.2) is 0 Å². The summed E-state index contributed by atoms with van der Waals surface area (Å²) < 4.78 is 1.81. The van der Waals surface area contributed by atoms with Crippen molar-refractivity contribution in [1.29, 1.82) is 0 Å². The highest BCUT2D eigenvalue weighted by molar-refractivity contribution is 5.94. The summed E-state index contributed by atoms with van der Waals surface area (Å²) in [5.41, 5.74) is 0.629. The Hall–Kier alpha value is -1.69. The molecule has 0 aliphatic rings. The lowest BCUT2D eigenvalue weighted by molar-refractivity contribution is 0.0948. The molecule has 1 N–H and O–H groups in total. The Bertz CT molecular complexity index is 346. The Labute approximate surface area is 77.8 Å². The predicted molar refractivity (Wildman–Crippen MR) is 51.2 cm³/mol. The fourth-order valence-electron chi connectivity index (χ4n) is 0.959. The van der Waals surface area contributed by atoms with Gasteiger partial charge in [0.1, 0.15) is 0 Å². The SMILES string of the molecule is C#CC(C)NC(=O)c1ccn(C)c1. The maximum absolute atomic E-state index is 11.4. The molecule has 0 saturated heterocycles. The van der Waals surface area contributed by atoms with E-state index >= 15 is 0 Å². The molecule has 1 unspecified atom stereocenters. The average molecular weight is 176 g/mol. The second-order valence-corrected chi connectivity index (χ2v) is 2.93. The van der Waals surface area contributed by atoms with Crippen molar-refractivity contribution in [1.82, 2.24) is 9.88 Å². The number of aromatic nitrogens is 1. The lowest BCUT2D eigenvalue weighted by Gasteiger charge is -2.05. The summed E-state index contributed by atoms with van der Waals surface area (Å²) in [5.74, 6) is 2.30. The molecule has 1 aromatic heterocycles. The topological polar surface area (TPSA) is 34.0 Å². The van der Waals surface area contributed by atoms with Crippen LogP contribution in [0.3, 0.4) is 0 Å². The maximum atomic E-state index is 11.4. The Morgan fingerprint density at radius 3 is 2.92 bits per heavy atom. The molecule has 3 heteroatoms. The normalized spacial score (nSPS) is 11.8. The molecule has 3 nitrogen and oxygen atoms in total. The summed E-state index contributed by atoms with van der Waals surface area (Å²) in [4.78, 5) is 11.4. The molecule has 0 aliphatic carbocycles. The Kier molecular flexibility index (Phi) is 2.76. The van der Waals surface area contributed by atoms with Crippen LogP contribution in [0, 0.1) is 12.3 Å². The summed E-state index contributed by atoms with van der Waals surface area (Å²) in [6.07, 6.45) is 8.70. The molecule has 0 saturated carbocycles. The predicted octanol–water partition coefficient (Wildman–Crippen LogP) is 0.777. The summed E-state index contributed by atoms with van der Waals surface area (Å²) in [6.45, 7) is 1.76. The van der Waals surface area contributed by atoms with Gasteiger partial charge < -0.3 is 9.88 Å². The third-order valence-corrected chi connectivity index (χ3v) is 1.69. The maximum Gasteiger partial charge on any atom is 0.253 e. The van der Waals surface area contributed by atoms with E-state index < -0.39 is 0 Å². The molecule has 1 heterocycles. The Balaban J connectivity index is 2.65. The highest BCUT2D eigenvalue weighted by Crippen LogP contribution is 1.99. The molecule has 1 atom stereocenters. The van der Waals surface area contributed by atoms with Gasteiger partial charge in [0.2, 0.25) is 0 Å². The van der Waals surface area contributed by atoms with Gasteiger partial charge in [-0.2, -0.15) is 0 Å². The number of nitrogens with zero attached hydrogens (tertiary/aromatic N) is 1. The van der Waals surface area contributed by atoms with Crippen LogP contribution in [0.1, 0.15) is 17.3 Å². The zero-order valence-electron chi connectivity index (χ0n) is 7.74. The van der Waals surface area contributed by atoms with Crippen molar-refractivity contribution in [3.05, 3.63) is 24.0 Å². The summed E-state index contributed by atoms with van der Waals surface area (Å²) in [5, 5.41) is 2.67. The molecule has 0 spiro atoms. The van der Waals surface area contributed by atoms with Gasteiger partial charge in [0.15, 0.2) is 0 Å². The first kappa shape index (κ1) is 9.40. The van der Waals surface area contributed by atoms with Crippen LogP contribution in [0.4, 0.5) is 0 Å². The van der Waals surface area contributed by atoms with Crippen molar-refractivity contribution in [3.8, 4) is 12.3 Å². The van der Waals surface area contributed by atoms with Gasteiger partial charge in [-0.1, -0.05) is 5.92 Å². The minimum atomic E-state index is -0.229. The zero-order valence-corrected chi connectivity index (χ0v) is 7.74. The van der Waals surface area contributed by atoms with Gasteiger partial charge in [0.05, 0.1) is 11.6 Å². The van der Waals surface area contributed by atoms with E-state index in [9.17, 15) is 4.79 Å². The number of carbonyl (C=O) groups is 1. The van der Waals surface area contributed by atoms with Crippen LogP contribution < -0.4 is 5.32 Å². The number of rotatable bonds is 2. The molecule has 68 valence electrons. The minimum absolute atomic E-state index is 0.133. The summed E-state index contributed by atoms with van der Waals surface area (Å²) >= 11 is 0. The van der Waals surface area contributed by atoms with Gasteiger partial charge in [-0.15, -0.1) is 6.42 Å². The van der Waals surface area contributed by atoms with E-state index in [4.69, 9.17) is 6.42 Å². The van der Waals surface area contributed by atoms with E-state index in [1.165, 1.54) is 0 Å². The van der Waals surface area contributed by atoms with Crippen molar-refractivity contribution < 1.29 is 4.79 Å². The van der Waals surface area contributed by atoms with E-state index in [1.807, 2.05) is 17.8 Å². The lowest BCUT2D eigenvalue weighted by Crippen LogP contribution is -2.30. The first-order valence-electron chi connectivity index (χ1n) is 4.02. The lowest BCUT2D eigenvalue weighted by atomic mass is 10.3. The van der Waals surface area contributed by atoms with Crippen LogP contribution >= 0.6 is 0 Å². The van der Waals surface area contributed by atoms with Crippen molar-refractivity contribution in [2.75, 3.05) is 0 Å². The van der Waals surface area contributed by atoms with Crippen molar-refractivity contribution in [3.63, 3.8) is 0 Å². The quantitative estimate of drug-likeness (QED) is 0.664. The number of amides is 1. The third-order valence-electron chi connectivity index (χ3n) is 1.69. The van der Waals surface area contributed by atoms with Crippen molar-refractivity contribution in [2.24, 2.45) is 7.05 Å². The summed E-state index contributed by atoms with van der Waals surface area (Å²) in [7, 11) is 1.86. The van der Waals surface area contributed by atoms with Crippen LogP contribution in [0.5, 0.6) is 0 Å².